The van der Waals surface area contributed by atoms with E-state index in [1.165, 1.54) is 25.7 Å². The molecule has 0 amide bonds. The van der Waals surface area contributed by atoms with Crippen LogP contribution in [0, 0.1) is 5.92 Å². The van der Waals surface area contributed by atoms with Crippen molar-refractivity contribution in [3.05, 3.63) is 12.2 Å². The van der Waals surface area contributed by atoms with Gasteiger partial charge in [0.05, 0.1) is 0 Å². The van der Waals surface area contributed by atoms with Crippen LogP contribution in [0.25, 0.3) is 0 Å². The van der Waals surface area contributed by atoms with Gasteiger partial charge in [0.1, 0.15) is 0 Å². The summed E-state index contributed by atoms with van der Waals surface area (Å²) in [7, 11) is 6.00. The molecule has 0 radical (unpaired) electrons. The van der Waals surface area contributed by atoms with Crippen LogP contribution >= 0.6 is 17.0 Å². The number of rotatable bonds is 4. The minimum Gasteiger partial charge on any atom is -0.312 e. The Labute approximate surface area is 94.0 Å². The van der Waals surface area contributed by atoms with Crippen molar-refractivity contribution in [2.75, 3.05) is 21.1 Å². The molecule has 0 unspecified atom stereocenters. The van der Waals surface area contributed by atoms with Gasteiger partial charge in [0.2, 0.25) is 0 Å². The number of hydrogen-bond donors (Lipinski definition) is 0. The number of nitrogens with zero attached hydrogens (tertiary/aromatic N) is 1. The second-order valence-electron chi connectivity index (χ2n) is 3.89. The van der Waals surface area contributed by atoms with Gasteiger partial charge in [0.15, 0.2) is 0 Å². The summed E-state index contributed by atoms with van der Waals surface area (Å²) in [6, 6.07) is 0. The fourth-order valence-electron chi connectivity index (χ4n) is 0.901. The minimum atomic E-state index is 0. The first-order valence-corrected chi connectivity index (χ1v) is 4.96. The van der Waals surface area contributed by atoms with Crippen LogP contribution in [-0.2, 0) is 0 Å². The summed E-state index contributed by atoms with van der Waals surface area (Å²) in [6.07, 6.45) is 10.2. The molecule has 0 heterocycles. The molecule has 0 saturated carbocycles. The first-order chi connectivity index (χ1) is 5.66. The van der Waals surface area contributed by atoms with Crippen LogP contribution in [0.1, 0.15) is 32.6 Å². The van der Waals surface area contributed by atoms with Gasteiger partial charge in [-0.05, 0) is 33.5 Å². The zero-order chi connectivity index (χ0) is 9.40. The predicted molar refractivity (Wildman–Crippen MR) is 66.7 cm³/mol. The maximum Gasteiger partial charge on any atom is -0.00531 e. The van der Waals surface area contributed by atoms with E-state index >= 15 is 0 Å². The fraction of sp³-hybridized carbons (Fsp3) is 0.818. The molecule has 1 nitrogen and oxygen atoms in total. The van der Waals surface area contributed by atoms with Gasteiger partial charge >= 0.3 is 0 Å². The highest BCUT2D eigenvalue weighted by Crippen LogP contribution is 2.22. The Balaban J connectivity index is 0. The lowest BCUT2D eigenvalue weighted by molar-refractivity contribution is 0.505. The van der Waals surface area contributed by atoms with Crippen LogP contribution in [0.15, 0.2) is 12.2 Å². The lowest BCUT2D eigenvalue weighted by Crippen LogP contribution is -1.99. The van der Waals surface area contributed by atoms with Gasteiger partial charge in [-0.1, -0.05) is 38.3 Å². The van der Waals surface area contributed by atoms with Crippen LogP contribution in [-0.4, -0.2) is 26.0 Å². The monoisotopic (exact) mass is 249 g/mol. The molecule has 1 aliphatic carbocycles. The quantitative estimate of drug-likeness (QED) is 0.545. The molecular weight excluding hydrogens is 226 g/mol. The largest absolute Gasteiger partial charge is 0.312 e. The average Bonchev–Trinajstić information content (AvgIpc) is 2.70. The van der Waals surface area contributed by atoms with Gasteiger partial charge in [-0.2, -0.15) is 0 Å². The standard InChI is InChI=1S/C8H14.C3H9N.BrH/c1-2-3-4-5-8-6-7-8;1-4(2)3;/h6-8H,2-5H2,1H3;1-3H3;1H. The Morgan fingerprint density at radius 1 is 1.08 bits per heavy atom. The van der Waals surface area contributed by atoms with Gasteiger partial charge < -0.3 is 4.90 Å². The van der Waals surface area contributed by atoms with Crippen molar-refractivity contribution in [2.45, 2.75) is 32.6 Å². The smallest absolute Gasteiger partial charge is 0.00531 e. The van der Waals surface area contributed by atoms with Crippen molar-refractivity contribution >= 4 is 17.0 Å². The summed E-state index contributed by atoms with van der Waals surface area (Å²) in [4.78, 5) is 2.00. The molecule has 0 aromatic rings. The number of hydrogen-bond acceptors (Lipinski definition) is 1. The van der Waals surface area contributed by atoms with E-state index in [4.69, 9.17) is 0 Å². The number of allylic oxidation sites excluding steroid dienone is 2. The lowest BCUT2D eigenvalue weighted by Gasteiger charge is -1.93. The molecule has 0 aromatic carbocycles. The Morgan fingerprint density at radius 2 is 1.54 bits per heavy atom. The molecule has 0 bridgehead atoms. The van der Waals surface area contributed by atoms with Crippen LogP contribution in [0.2, 0.25) is 0 Å². The van der Waals surface area contributed by atoms with E-state index in [0.29, 0.717) is 0 Å². The van der Waals surface area contributed by atoms with Gasteiger partial charge in [0.25, 0.3) is 0 Å². The minimum absolute atomic E-state index is 0. The van der Waals surface area contributed by atoms with E-state index in [0.717, 1.165) is 5.92 Å². The highest BCUT2D eigenvalue weighted by molar-refractivity contribution is 8.93. The summed E-state index contributed by atoms with van der Waals surface area (Å²) >= 11 is 0. The lowest BCUT2D eigenvalue weighted by atomic mass is 10.1. The number of unbranched alkanes of at least 4 members (excludes halogenated alkanes) is 2. The third kappa shape index (κ3) is 18.9. The molecule has 1 aliphatic rings. The van der Waals surface area contributed by atoms with Crippen molar-refractivity contribution < 1.29 is 0 Å². The van der Waals surface area contributed by atoms with Gasteiger partial charge in [-0.15, -0.1) is 17.0 Å². The molecule has 0 saturated heterocycles. The van der Waals surface area contributed by atoms with Crippen molar-refractivity contribution in [3.8, 4) is 0 Å². The maximum absolute atomic E-state index is 2.29. The molecule has 80 valence electrons. The van der Waals surface area contributed by atoms with Crippen molar-refractivity contribution in [2.24, 2.45) is 5.92 Å². The Morgan fingerprint density at radius 3 is 1.85 bits per heavy atom. The van der Waals surface area contributed by atoms with Gasteiger partial charge in [-0.3, -0.25) is 0 Å². The molecule has 0 fully saturated rings. The molecule has 0 aromatic heterocycles. The predicted octanol–water partition coefficient (Wildman–Crippen LogP) is 3.51. The molecular formula is C11H24BrN. The second-order valence-corrected chi connectivity index (χ2v) is 3.89. The normalized spacial score (nSPS) is 13.3. The molecule has 2 heteroatoms. The second kappa shape index (κ2) is 10.3. The molecule has 0 aliphatic heterocycles. The highest BCUT2D eigenvalue weighted by atomic mass is 79.9. The third-order valence-electron chi connectivity index (χ3n) is 1.61. The van der Waals surface area contributed by atoms with E-state index in [-0.39, 0.29) is 17.0 Å². The van der Waals surface area contributed by atoms with Crippen LogP contribution in [0.3, 0.4) is 0 Å². The van der Waals surface area contributed by atoms with E-state index in [1.807, 2.05) is 26.0 Å². The molecule has 13 heavy (non-hydrogen) atoms. The SMILES string of the molecule is Br.CCCCCC1C=C1.CN(C)C. The summed E-state index contributed by atoms with van der Waals surface area (Å²) in [6.45, 7) is 2.25. The zero-order valence-electron chi connectivity index (χ0n) is 9.42. The summed E-state index contributed by atoms with van der Waals surface area (Å²) in [5.41, 5.74) is 0. The van der Waals surface area contributed by atoms with E-state index in [9.17, 15) is 0 Å². The Kier molecular flexibility index (Phi) is 12.3. The first-order valence-electron chi connectivity index (χ1n) is 4.96. The Hall–Kier alpha value is 0.180. The topological polar surface area (TPSA) is 3.24 Å². The van der Waals surface area contributed by atoms with E-state index < -0.39 is 0 Å². The van der Waals surface area contributed by atoms with Crippen LogP contribution in [0.5, 0.6) is 0 Å². The first kappa shape index (κ1) is 15.6. The van der Waals surface area contributed by atoms with E-state index in [1.54, 1.807) is 0 Å². The van der Waals surface area contributed by atoms with Crippen molar-refractivity contribution in [1.29, 1.82) is 0 Å². The van der Waals surface area contributed by atoms with Crippen molar-refractivity contribution in [1.82, 2.24) is 4.90 Å². The van der Waals surface area contributed by atoms with Crippen molar-refractivity contribution in [3.63, 3.8) is 0 Å². The summed E-state index contributed by atoms with van der Waals surface area (Å²) in [5, 5.41) is 0. The maximum atomic E-state index is 2.29. The summed E-state index contributed by atoms with van der Waals surface area (Å²) < 4.78 is 0. The van der Waals surface area contributed by atoms with Gasteiger partial charge in [-0.25, -0.2) is 0 Å². The molecule has 0 spiro atoms. The molecule has 1 rings (SSSR count). The van der Waals surface area contributed by atoms with Crippen LogP contribution in [0.4, 0.5) is 0 Å². The fourth-order valence-corrected chi connectivity index (χ4v) is 0.901. The zero-order valence-corrected chi connectivity index (χ0v) is 11.1. The third-order valence-corrected chi connectivity index (χ3v) is 1.61. The van der Waals surface area contributed by atoms with Gasteiger partial charge in [0, 0.05) is 0 Å². The molecule has 0 N–H and O–H groups in total. The highest BCUT2D eigenvalue weighted by Gasteiger charge is 2.08. The summed E-state index contributed by atoms with van der Waals surface area (Å²) in [5.74, 6) is 0.904. The van der Waals surface area contributed by atoms with Crippen LogP contribution < -0.4 is 0 Å². The average molecular weight is 250 g/mol. The van der Waals surface area contributed by atoms with E-state index in [2.05, 4.69) is 19.1 Å². The molecule has 0 atom stereocenters. The Bertz CT molecular complexity index is 113. The number of halogens is 1.